The number of ether oxygens (including phenoxy) is 2. The van der Waals surface area contributed by atoms with Crippen molar-refractivity contribution in [2.45, 2.75) is 20.0 Å². The van der Waals surface area contributed by atoms with Crippen molar-refractivity contribution in [2.75, 3.05) is 17.2 Å². The second kappa shape index (κ2) is 7.14. The van der Waals surface area contributed by atoms with Crippen molar-refractivity contribution >= 4 is 39.1 Å². The third-order valence-electron chi connectivity index (χ3n) is 3.64. The van der Waals surface area contributed by atoms with Gasteiger partial charge < -0.3 is 20.1 Å². The predicted molar refractivity (Wildman–Crippen MR) is 98.2 cm³/mol. The number of amides is 2. The number of halogens is 1. The van der Waals surface area contributed by atoms with Crippen LogP contribution in [-0.4, -0.2) is 24.5 Å². The number of fused-ring (bicyclic) bond motifs is 1. The Morgan fingerprint density at radius 1 is 1.32 bits per heavy atom. The first-order valence-corrected chi connectivity index (χ1v) is 8.52. The molecular weight excluding hydrogens is 388 g/mol. The molecule has 0 fully saturated rings. The minimum atomic E-state index is -0.533. The second-order valence-corrected chi connectivity index (χ2v) is 6.59. The summed E-state index contributed by atoms with van der Waals surface area (Å²) in [7, 11) is 0. The number of carbonyl (C=O) groups is 2. The van der Waals surface area contributed by atoms with E-state index in [-0.39, 0.29) is 18.4 Å². The number of aryl methyl sites for hydroxylation is 1. The maximum atomic E-state index is 12.1. The van der Waals surface area contributed by atoms with Gasteiger partial charge in [-0.1, -0.05) is 6.07 Å². The Labute approximate surface area is 153 Å². The molecule has 0 aliphatic carbocycles. The molecule has 2 aromatic rings. The van der Waals surface area contributed by atoms with E-state index in [2.05, 4.69) is 26.6 Å². The van der Waals surface area contributed by atoms with Gasteiger partial charge in [0.2, 0.25) is 0 Å². The molecule has 1 atom stereocenters. The lowest BCUT2D eigenvalue weighted by atomic mass is 10.2. The zero-order valence-corrected chi connectivity index (χ0v) is 15.3. The van der Waals surface area contributed by atoms with Crippen LogP contribution in [0.15, 0.2) is 40.9 Å². The molecule has 1 aliphatic rings. The summed E-state index contributed by atoms with van der Waals surface area (Å²) in [6.07, 6.45) is -0.533. The molecule has 6 nitrogen and oxygen atoms in total. The molecule has 1 heterocycles. The number of rotatable bonds is 4. The van der Waals surface area contributed by atoms with E-state index < -0.39 is 6.10 Å². The van der Waals surface area contributed by atoms with Gasteiger partial charge in [-0.2, -0.15) is 0 Å². The average molecular weight is 405 g/mol. The van der Waals surface area contributed by atoms with Crippen LogP contribution in [0.25, 0.3) is 0 Å². The van der Waals surface area contributed by atoms with Crippen molar-refractivity contribution in [3.63, 3.8) is 0 Å². The fraction of sp³-hybridized carbons (Fsp3) is 0.222. The molecular formula is C18H17BrN2O4. The minimum absolute atomic E-state index is 0.126. The molecule has 2 N–H and O–H groups in total. The smallest absolute Gasteiger partial charge is 0.265 e. The summed E-state index contributed by atoms with van der Waals surface area (Å²) in [5.41, 5.74) is 2.17. The van der Waals surface area contributed by atoms with E-state index in [1.165, 1.54) is 0 Å². The van der Waals surface area contributed by atoms with E-state index in [0.29, 0.717) is 22.9 Å². The summed E-state index contributed by atoms with van der Waals surface area (Å²) in [5.74, 6) is 0.651. The normalized spacial score (nSPS) is 15.6. The molecule has 2 aromatic carbocycles. The van der Waals surface area contributed by atoms with Gasteiger partial charge in [0, 0.05) is 5.69 Å². The molecule has 0 radical (unpaired) electrons. The lowest BCUT2D eigenvalue weighted by Gasteiger charge is -2.23. The summed E-state index contributed by atoms with van der Waals surface area (Å²) in [6.45, 7) is 3.52. The van der Waals surface area contributed by atoms with Gasteiger partial charge in [0.05, 0.1) is 10.2 Å². The van der Waals surface area contributed by atoms with E-state index >= 15 is 0 Å². The van der Waals surface area contributed by atoms with Crippen molar-refractivity contribution < 1.29 is 19.1 Å². The van der Waals surface area contributed by atoms with Crippen LogP contribution in [-0.2, 0) is 9.59 Å². The van der Waals surface area contributed by atoms with Crippen molar-refractivity contribution in [3.05, 3.63) is 46.4 Å². The highest BCUT2D eigenvalue weighted by Gasteiger charge is 2.23. The average Bonchev–Trinajstić information content (AvgIpc) is 2.55. The molecule has 0 saturated heterocycles. The van der Waals surface area contributed by atoms with Crippen LogP contribution in [0, 0.1) is 6.92 Å². The third-order valence-corrected chi connectivity index (χ3v) is 4.26. The molecule has 0 saturated carbocycles. The molecule has 7 heteroatoms. The Bertz CT molecular complexity index is 838. The molecule has 0 unspecified atom stereocenters. The van der Waals surface area contributed by atoms with Crippen molar-refractivity contribution in [1.29, 1.82) is 0 Å². The number of anilines is 2. The van der Waals surface area contributed by atoms with Crippen LogP contribution in [0.1, 0.15) is 12.5 Å². The first-order valence-electron chi connectivity index (χ1n) is 7.73. The van der Waals surface area contributed by atoms with Crippen LogP contribution in [0.3, 0.4) is 0 Å². The second-order valence-electron chi connectivity index (χ2n) is 5.73. The van der Waals surface area contributed by atoms with Gasteiger partial charge in [0.15, 0.2) is 12.7 Å². The molecule has 130 valence electrons. The van der Waals surface area contributed by atoms with Crippen molar-refractivity contribution in [2.24, 2.45) is 0 Å². The SMILES string of the molecule is Cc1ccc(OCC(=O)Nc2ccc3c(c2)NC(=O)[C@@H](C)O3)c(Br)c1. The predicted octanol–water partition coefficient (Wildman–Crippen LogP) is 3.49. The molecule has 0 aromatic heterocycles. The zero-order valence-electron chi connectivity index (χ0n) is 13.8. The van der Waals surface area contributed by atoms with Gasteiger partial charge in [-0.25, -0.2) is 0 Å². The first kappa shape index (κ1) is 17.3. The largest absolute Gasteiger partial charge is 0.483 e. The van der Waals surface area contributed by atoms with Crippen LogP contribution >= 0.6 is 15.9 Å². The van der Waals surface area contributed by atoms with Crippen LogP contribution < -0.4 is 20.1 Å². The Hall–Kier alpha value is -2.54. The van der Waals surface area contributed by atoms with Gasteiger partial charge in [0.25, 0.3) is 11.8 Å². The maximum Gasteiger partial charge on any atom is 0.265 e. The van der Waals surface area contributed by atoms with E-state index in [4.69, 9.17) is 9.47 Å². The number of nitrogens with one attached hydrogen (secondary N) is 2. The summed E-state index contributed by atoms with van der Waals surface area (Å²) in [4.78, 5) is 23.7. The van der Waals surface area contributed by atoms with Crippen LogP contribution in [0.2, 0.25) is 0 Å². The summed E-state index contributed by atoms with van der Waals surface area (Å²) >= 11 is 3.40. The monoisotopic (exact) mass is 404 g/mol. The molecule has 2 amide bonds. The van der Waals surface area contributed by atoms with Gasteiger partial charge in [-0.05, 0) is 65.7 Å². The fourth-order valence-electron chi connectivity index (χ4n) is 2.35. The van der Waals surface area contributed by atoms with Gasteiger partial charge in [-0.3, -0.25) is 9.59 Å². The highest BCUT2D eigenvalue weighted by atomic mass is 79.9. The molecule has 25 heavy (non-hydrogen) atoms. The number of carbonyl (C=O) groups excluding carboxylic acids is 2. The van der Waals surface area contributed by atoms with E-state index in [1.54, 1.807) is 31.2 Å². The maximum absolute atomic E-state index is 12.1. The minimum Gasteiger partial charge on any atom is -0.483 e. The Morgan fingerprint density at radius 2 is 2.12 bits per heavy atom. The van der Waals surface area contributed by atoms with Gasteiger partial charge in [0.1, 0.15) is 11.5 Å². The quantitative estimate of drug-likeness (QED) is 0.817. The Kier molecular flexibility index (Phi) is 4.94. The summed E-state index contributed by atoms with van der Waals surface area (Å²) in [6, 6.07) is 10.7. The van der Waals surface area contributed by atoms with Crippen LogP contribution in [0.5, 0.6) is 11.5 Å². The number of benzene rings is 2. The molecule has 1 aliphatic heterocycles. The van der Waals surface area contributed by atoms with E-state index in [1.807, 2.05) is 19.1 Å². The van der Waals surface area contributed by atoms with Crippen molar-refractivity contribution in [3.8, 4) is 11.5 Å². The van der Waals surface area contributed by atoms with Gasteiger partial charge >= 0.3 is 0 Å². The third kappa shape index (κ3) is 4.11. The Balaban J connectivity index is 1.61. The van der Waals surface area contributed by atoms with Crippen LogP contribution in [0.4, 0.5) is 11.4 Å². The zero-order chi connectivity index (χ0) is 18.0. The van der Waals surface area contributed by atoms with E-state index in [0.717, 1.165) is 10.0 Å². The standard InChI is InChI=1S/C18H17BrN2O4/c1-10-3-5-15(13(19)7-10)24-9-17(22)20-12-4-6-16-14(8-12)21-18(23)11(2)25-16/h3-8,11H,9H2,1-2H3,(H,20,22)(H,21,23)/t11-/m1/s1. The number of hydrogen-bond acceptors (Lipinski definition) is 4. The Morgan fingerprint density at radius 3 is 2.88 bits per heavy atom. The summed E-state index contributed by atoms with van der Waals surface area (Å²) in [5, 5.41) is 5.47. The topological polar surface area (TPSA) is 76.7 Å². The molecule has 3 rings (SSSR count). The molecule has 0 spiro atoms. The summed E-state index contributed by atoms with van der Waals surface area (Å²) < 4.78 is 11.8. The lowest BCUT2D eigenvalue weighted by molar-refractivity contribution is -0.122. The van der Waals surface area contributed by atoms with Gasteiger partial charge in [-0.15, -0.1) is 0 Å². The fourth-order valence-corrected chi connectivity index (χ4v) is 2.96. The van der Waals surface area contributed by atoms with E-state index in [9.17, 15) is 9.59 Å². The molecule has 0 bridgehead atoms. The lowest BCUT2D eigenvalue weighted by Crippen LogP contribution is -2.34. The highest BCUT2D eigenvalue weighted by molar-refractivity contribution is 9.10. The van der Waals surface area contributed by atoms with Crippen molar-refractivity contribution in [1.82, 2.24) is 0 Å². The highest BCUT2D eigenvalue weighted by Crippen LogP contribution is 2.32. The number of hydrogen-bond donors (Lipinski definition) is 2. The first-order chi connectivity index (χ1) is 11.9.